The molecule has 1 aromatic rings. The molecule has 17 heavy (non-hydrogen) atoms. The average Bonchev–Trinajstić information content (AvgIpc) is 2.29. The zero-order valence-electron chi connectivity index (χ0n) is 10.5. The Labute approximate surface area is 102 Å². The molecule has 2 unspecified atom stereocenters. The summed E-state index contributed by atoms with van der Waals surface area (Å²) < 4.78 is 0. The first-order valence-electron chi connectivity index (χ1n) is 6.18. The van der Waals surface area contributed by atoms with Gasteiger partial charge in [0.2, 0.25) is 0 Å². The van der Waals surface area contributed by atoms with Crippen LogP contribution in [0.1, 0.15) is 30.9 Å². The van der Waals surface area contributed by atoms with Crippen molar-refractivity contribution in [1.29, 1.82) is 0 Å². The molecule has 1 fully saturated rings. The van der Waals surface area contributed by atoms with Gasteiger partial charge in [-0.05, 0) is 44.9 Å². The van der Waals surface area contributed by atoms with Crippen LogP contribution >= 0.6 is 0 Å². The van der Waals surface area contributed by atoms with E-state index in [2.05, 4.69) is 10.3 Å². The molecule has 1 saturated heterocycles. The van der Waals surface area contributed by atoms with Crippen LogP contribution in [0.2, 0.25) is 0 Å². The summed E-state index contributed by atoms with van der Waals surface area (Å²) in [7, 11) is 0. The molecule has 4 nitrogen and oxygen atoms in total. The van der Waals surface area contributed by atoms with Crippen molar-refractivity contribution in [1.82, 2.24) is 10.3 Å². The standard InChI is InChI=1S/C13H21N3O/c1-9-5-7-16-12(14)11(9)13(2,17)10-4-3-6-15-8-10/h5,7,10,15,17H,3-4,6,8H2,1-2H3,(H2,14,16). The van der Waals surface area contributed by atoms with Crippen molar-refractivity contribution >= 4 is 5.82 Å². The van der Waals surface area contributed by atoms with Gasteiger partial charge in [0.15, 0.2) is 0 Å². The second-order valence-electron chi connectivity index (χ2n) is 5.08. The third-order valence-electron chi connectivity index (χ3n) is 3.79. The van der Waals surface area contributed by atoms with E-state index in [1.807, 2.05) is 19.9 Å². The number of piperidine rings is 1. The number of hydrogen-bond acceptors (Lipinski definition) is 4. The van der Waals surface area contributed by atoms with E-state index in [-0.39, 0.29) is 5.92 Å². The Kier molecular flexibility index (Phi) is 3.35. The first kappa shape index (κ1) is 12.3. The molecule has 1 aromatic heterocycles. The Hall–Kier alpha value is -1.13. The number of nitrogens with two attached hydrogens (primary N) is 1. The largest absolute Gasteiger partial charge is 0.385 e. The number of aryl methyl sites for hydroxylation is 1. The molecule has 4 heteroatoms. The van der Waals surface area contributed by atoms with Crippen molar-refractivity contribution in [3.8, 4) is 0 Å². The van der Waals surface area contributed by atoms with Crippen LogP contribution in [0.4, 0.5) is 5.82 Å². The van der Waals surface area contributed by atoms with Gasteiger partial charge in [-0.3, -0.25) is 0 Å². The first-order chi connectivity index (χ1) is 8.03. The number of aliphatic hydroxyl groups is 1. The van der Waals surface area contributed by atoms with E-state index in [9.17, 15) is 5.11 Å². The minimum atomic E-state index is -0.907. The molecule has 0 saturated carbocycles. The van der Waals surface area contributed by atoms with Crippen molar-refractivity contribution in [2.45, 2.75) is 32.3 Å². The quantitative estimate of drug-likeness (QED) is 0.720. The molecule has 2 rings (SSSR count). The van der Waals surface area contributed by atoms with Gasteiger partial charge in [0.25, 0.3) is 0 Å². The van der Waals surface area contributed by atoms with E-state index in [1.54, 1.807) is 6.20 Å². The van der Waals surface area contributed by atoms with Crippen LogP contribution < -0.4 is 11.1 Å². The molecule has 0 bridgehead atoms. The van der Waals surface area contributed by atoms with Gasteiger partial charge in [0.1, 0.15) is 5.82 Å². The summed E-state index contributed by atoms with van der Waals surface area (Å²) in [6.07, 6.45) is 3.80. The third kappa shape index (κ3) is 2.28. The van der Waals surface area contributed by atoms with Gasteiger partial charge in [-0.25, -0.2) is 4.98 Å². The minimum Gasteiger partial charge on any atom is -0.385 e. The molecule has 4 N–H and O–H groups in total. The highest BCUT2D eigenvalue weighted by Crippen LogP contribution is 2.37. The molecular weight excluding hydrogens is 214 g/mol. The second kappa shape index (κ2) is 4.63. The monoisotopic (exact) mass is 235 g/mol. The van der Waals surface area contributed by atoms with E-state index in [0.717, 1.165) is 37.1 Å². The summed E-state index contributed by atoms with van der Waals surface area (Å²) in [5.41, 5.74) is 6.81. The van der Waals surface area contributed by atoms with Crippen molar-refractivity contribution in [2.75, 3.05) is 18.8 Å². The molecule has 0 aromatic carbocycles. The average molecular weight is 235 g/mol. The molecule has 1 aliphatic rings. The number of nitrogens with one attached hydrogen (secondary N) is 1. The number of rotatable bonds is 2. The van der Waals surface area contributed by atoms with E-state index in [0.29, 0.717) is 5.82 Å². The van der Waals surface area contributed by atoms with E-state index >= 15 is 0 Å². The normalized spacial score (nSPS) is 24.3. The number of nitrogens with zero attached hydrogens (tertiary/aromatic N) is 1. The Balaban J connectivity index is 2.36. The van der Waals surface area contributed by atoms with E-state index in [4.69, 9.17) is 5.73 Å². The minimum absolute atomic E-state index is 0.196. The fraction of sp³-hybridized carbons (Fsp3) is 0.615. The Morgan fingerprint density at radius 3 is 2.94 bits per heavy atom. The fourth-order valence-corrected chi connectivity index (χ4v) is 2.77. The van der Waals surface area contributed by atoms with Crippen LogP contribution in [0.15, 0.2) is 12.3 Å². The zero-order valence-corrected chi connectivity index (χ0v) is 10.5. The number of aromatic nitrogens is 1. The molecular formula is C13H21N3O. The Bertz CT molecular complexity index is 377. The maximum Gasteiger partial charge on any atom is 0.129 e. The third-order valence-corrected chi connectivity index (χ3v) is 3.79. The summed E-state index contributed by atoms with van der Waals surface area (Å²) in [4.78, 5) is 4.10. The van der Waals surface area contributed by atoms with Crippen LogP contribution in [0.5, 0.6) is 0 Å². The van der Waals surface area contributed by atoms with Crippen molar-refractivity contribution in [3.05, 3.63) is 23.4 Å². The van der Waals surface area contributed by atoms with Crippen LogP contribution in [0.25, 0.3) is 0 Å². The summed E-state index contributed by atoms with van der Waals surface area (Å²) in [6, 6.07) is 1.90. The Morgan fingerprint density at radius 2 is 2.35 bits per heavy atom. The molecule has 0 amide bonds. The molecule has 0 spiro atoms. The predicted molar refractivity (Wildman–Crippen MR) is 68.6 cm³/mol. The SMILES string of the molecule is Cc1ccnc(N)c1C(C)(O)C1CCCNC1. The lowest BCUT2D eigenvalue weighted by atomic mass is 9.77. The lowest BCUT2D eigenvalue weighted by Gasteiger charge is -2.37. The van der Waals surface area contributed by atoms with E-state index < -0.39 is 5.60 Å². The van der Waals surface area contributed by atoms with Crippen LogP contribution in [0.3, 0.4) is 0 Å². The van der Waals surface area contributed by atoms with Crippen LogP contribution in [-0.4, -0.2) is 23.2 Å². The molecule has 1 aliphatic heterocycles. The second-order valence-corrected chi connectivity index (χ2v) is 5.08. The van der Waals surface area contributed by atoms with Gasteiger partial charge in [0.05, 0.1) is 5.60 Å². The highest BCUT2D eigenvalue weighted by atomic mass is 16.3. The lowest BCUT2D eigenvalue weighted by Crippen LogP contribution is -2.43. The maximum atomic E-state index is 10.8. The number of nitrogen functional groups attached to an aromatic ring is 1. The topological polar surface area (TPSA) is 71.2 Å². The summed E-state index contributed by atoms with van der Waals surface area (Å²) in [6.45, 7) is 5.69. The number of hydrogen-bond donors (Lipinski definition) is 3. The summed E-state index contributed by atoms with van der Waals surface area (Å²) >= 11 is 0. The molecule has 94 valence electrons. The van der Waals surface area contributed by atoms with Gasteiger partial charge < -0.3 is 16.2 Å². The molecule has 2 heterocycles. The number of pyridine rings is 1. The molecule has 0 radical (unpaired) electrons. The van der Waals surface area contributed by atoms with Crippen molar-refractivity contribution in [2.24, 2.45) is 5.92 Å². The van der Waals surface area contributed by atoms with Crippen molar-refractivity contribution < 1.29 is 5.11 Å². The smallest absolute Gasteiger partial charge is 0.129 e. The summed E-state index contributed by atoms with van der Waals surface area (Å²) in [5, 5.41) is 14.1. The maximum absolute atomic E-state index is 10.8. The lowest BCUT2D eigenvalue weighted by molar-refractivity contribution is -0.0157. The van der Waals surface area contributed by atoms with Crippen molar-refractivity contribution in [3.63, 3.8) is 0 Å². The van der Waals surface area contributed by atoms with Gasteiger partial charge >= 0.3 is 0 Å². The summed E-state index contributed by atoms with van der Waals surface area (Å²) in [5.74, 6) is 0.641. The molecule has 0 aliphatic carbocycles. The van der Waals surface area contributed by atoms with Gasteiger partial charge in [-0.2, -0.15) is 0 Å². The number of anilines is 1. The van der Waals surface area contributed by atoms with E-state index in [1.165, 1.54) is 0 Å². The van der Waals surface area contributed by atoms with Gasteiger partial charge in [-0.1, -0.05) is 0 Å². The highest BCUT2D eigenvalue weighted by molar-refractivity contribution is 5.47. The zero-order chi connectivity index (χ0) is 12.5. The van der Waals surface area contributed by atoms with Gasteiger partial charge in [0, 0.05) is 24.2 Å². The predicted octanol–water partition coefficient (Wildman–Crippen LogP) is 1.18. The first-order valence-corrected chi connectivity index (χ1v) is 6.18. The fourth-order valence-electron chi connectivity index (χ4n) is 2.77. The molecule has 2 atom stereocenters. The highest BCUT2D eigenvalue weighted by Gasteiger charge is 2.37. The van der Waals surface area contributed by atoms with Crippen LogP contribution in [0, 0.1) is 12.8 Å². The Morgan fingerprint density at radius 1 is 1.59 bits per heavy atom. The van der Waals surface area contributed by atoms with Crippen LogP contribution in [-0.2, 0) is 5.60 Å². The van der Waals surface area contributed by atoms with Gasteiger partial charge in [-0.15, -0.1) is 0 Å².